The number of halogens is 4. The largest absolute Gasteiger partial charge is 0.416 e. The van der Waals surface area contributed by atoms with E-state index >= 15 is 4.39 Å². The smallest absolute Gasteiger partial charge is 0.321 e. The van der Waals surface area contributed by atoms with Gasteiger partial charge in [0.05, 0.1) is 28.2 Å². The molecule has 1 saturated carbocycles. The Labute approximate surface area is 312 Å². The van der Waals surface area contributed by atoms with Crippen LogP contribution in [0.2, 0.25) is 0 Å². The highest BCUT2D eigenvalue weighted by Gasteiger charge is 2.36. The van der Waals surface area contributed by atoms with Crippen molar-refractivity contribution in [2.24, 2.45) is 13.0 Å². The van der Waals surface area contributed by atoms with Crippen LogP contribution in [0.5, 0.6) is 0 Å². The lowest BCUT2D eigenvalue weighted by Crippen LogP contribution is -2.44. The number of carbonyl (C=O) groups excluding carboxylic acids is 3. The Morgan fingerprint density at radius 2 is 1.80 bits per heavy atom. The molecule has 288 valence electrons. The predicted octanol–water partition coefficient (Wildman–Crippen LogP) is 5.89. The molecule has 3 aliphatic rings. The van der Waals surface area contributed by atoms with E-state index in [-0.39, 0.29) is 42.7 Å². The number of amides is 3. The molecule has 0 bridgehead atoms. The molecule has 55 heavy (non-hydrogen) atoms. The number of aryl methyl sites for hydroxylation is 1. The van der Waals surface area contributed by atoms with Crippen LogP contribution < -0.4 is 16.3 Å². The Kier molecular flexibility index (Phi) is 9.55. The molecule has 8 rings (SSSR count). The molecule has 5 aromatic rings. The lowest BCUT2D eigenvalue weighted by molar-refractivity contribution is -0.138. The molecule has 2 aromatic carbocycles. The summed E-state index contributed by atoms with van der Waals surface area (Å²) in [6.07, 6.45) is 1.84. The number of anilines is 1. The number of carbonyl (C=O) groups is 3. The molecule has 3 fully saturated rings. The van der Waals surface area contributed by atoms with E-state index in [2.05, 4.69) is 20.5 Å². The summed E-state index contributed by atoms with van der Waals surface area (Å²) in [5.41, 5.74) is 1.44. The van der Waals surface area contributed by atoms with Crippen molar-refractivity contribution in [3.8, 4) is 0 Å². The first-order valence-electron chi connectivity index (χ1n) is 18.6. The van der Waals surface area contributed by atoms with Gasteiger partial charge in [0, 0.05) is 55.9 Å². The van der Waals surface area contributed by atoms with Gasteiger partial charge in [-0.05, 0) is 92.9 Å². The fourth-order valence-corrected chi connectivity index (χ4v) is 8.67. The van der Waals surface area contributed by atoms with Gasteiger partial charge in [-0.25, -0.2) is 9.18 Å². The number of imide groups is 1. The number of hydrogen-bond acceptors (Lipinski definition) is 7. The van der Waals surface area contributed by atoms with Crippen LogP contribution in [0.1, 0.15) is 84.6 Å². The van der Waals surface area contributed by atoms with E-state index in [0.29, 0.717) is 29.1 Å². The first kappa shape index (κ1) is 36.6. The maximum absolute atomic E-state index is 16.1. The molecule has 12 nitrogen and oxygen atoms in total. The third-order valence-electron chi connectivity index (χ3n) is 11.5. The Balaban J connectivity index is 0.872. The van der Waals surface area contributed by atoms with Crippen LogP contribution in [0.4, 0.5) is 23.2 Å². The Bertz CT molecular complexity index is 2360. The quantitative estimate of drug-likeness (QED) is 0.156. The van der Waals surface area contributed by atoms with Crippen LogP contribution in [-0.4, -0.2) is 72.3 Å². The monoisotopic (exact) mass is 760 g/mol. The number of hydrogen-bond donors (Lipinski definition) is 2. The summed E-state index contributed by atoms with van der Waals surface area (Å²) in [7, 11) is 1.64. The lowest BCUT2D eigenvalue weighted by atomic mass is 9.83. The lowest BCUT2D eigenvalue weighted by Gasteiger charge is -2.38. The number of imidazole rings is 1. The molecule has 0 spiro atoms. The van der Waals surface area contributed by atoms with Gasteiger partial charge in [0.1, 0.15) is 17.9 Å². The Hall–Kier alpha value is -5.38. The summed E-state index contributed by atoms with van der Waals surface area (Å²) in [5, 5.41) is 10.5. The topological polar surface area (TPSA) is 136 Å². The van der Waals surface area contributed by atoms with Crippen molar-refractivity contribution in [1.29, 1.82) is 0 Å². The normalized spacial score (nSPS) is 24.0. The molecular weight excluding hydrogens is 720 g/mol. The molecule has 1 aliphatic carbocycles. The molecule has 2 saturated heterocycles. The predicted molar refractivity (Wildman–Crippen MR) is 195 cm³/mol. The van der Waals surface area contributed by atoms with Crippen molar-refractivity contribution < 1.29 is 31.9 Å². The highest BCUT2D eigenvalue weighted by molar-refractivity contribution is 6.04. The zero-order chi connectivity index (χ0) is 38.6. The van der Waals surface area contributed by atoms with Crippen molar-refractivity contribution >= 4 is 45.3 Å². The summed E-state index contributed by atoms with van der Waals surface area (Å²) in [4.78, 5) is 56.5. The van der Waals surface area contributed by atoms with Gasteiger partial charge in [-0.15, -0.1) is 0 Å². The highest BCUT2D eigenvalue weighted by Crippen LogP contribution is 2.38. The van der Waals surface area contributed by atoms with Gasteiger partial charge in [-0.1, -0.05) is 12.1 Å². The summed E-state index contributed by atoms with van der Waals surface area (Å²) >= 11 is 0. The van der Waals surface area contributed by atoms with E-state index < -0.39 is 41.7 Å². The Morgan fingerprint density at radius 1 is 1.00 bits per heavy atom. The van der Waals surface area contributed by atoms with Crippen molar-refractivity contribution in [2.75, 3.05) is 25.0 Å². The van der Waals surface area contributed by atoms with Gasteiger partial charge < -0.3 is 10.2 Å². The van der Waals surface area contributed by atoms with Gasteiger partial charge >= 0.3 is 11.9 Å². The average Bonchev–Trinajstić information content (AvgIpc) is 3.69. The molecule has 3 aromatic heterocycles. The number of fused-ring (bicyclic) bond motifs is 2. The minimum Gasteiger partial charge on any atom is -0.321 e. The Morgan fingerprint density at radius 3 is 2.55 bits per heavy atom. The van der Waals surface area contributed by atoms with Gasteiger partial charge in [-0.3, -0.25) is 38.5 Å². The number of piperidine rings is 2. The van der Waals surface area contributed by atoms with Crippen molar-refractivity contribution in [3.63, 3.8) is 0 Å². The SMILES string of the molecule is Cn1c(=O)n(C2CCC(=O)NC2=O)c2cccc([C@@H]3CCN(CC4CCC(n5cc6cc(NC(=O)c7cc(C(F)(F)F)ccn7)ccc6n5)CC4)C[C@H]3F)c21. The third kappa shape index (κ3) is 7.14. The molecular formula is C39H40F4N8O4. The third-order valence-corrected chi connectivity index (χ3v) is 11.5. The number of rotatable bonds is 7. The zero-order valence-electron chi connectivity index (χ0n) is 30.1. The summed E-state index contributed by atoms with van der Waals surface area (Å²) in [5.74, 6) is -1.60. The highest BCUT2D eigenvalue weighted by atomic mass is 19.4. The van der Waals surface area contributed by atoms with Gasteiger partial charge in [0.25, 0.3) is 5.91 Å². The summed E-state index contributed by atoms with van der Waals surface area (Å²) in [6, 6.07) is 11.5. The van der Waals surface area contributed by atoms with Crippen LogP contribution in [0.15, 0.2) is 65.7 Å². The van der Waals surface area contributed by atoms with E-state index in [1.54, 1.807) is 37.4 Å². The van der Waals surface area contributed by atoms with E-state index in [1.165, 1.54) is 9.13 Å². The maximum Gasteiger partial charge on any atom is 0.416 e. The molecule has 2 aliphatic heterocycles. The number of pyridine rings is 1. The van der Waals surface area contributed by atoms with Crippen molar-refractivity contribution in [1.82, 2.24) is 34.1 Å². The summed E-state index contributed by atoms with van der Waals surface area (Å²) < 4.78 is 60.3. The second-order valence-corrected chi connectivity index (χ2v) is 15.0. The molecule has 1 unspecified atom stereocenters. The molecule has 16 heteroatoms. The summed E-state index contributed by atoms with van der Waals surface area (Å²) in [6.45, 7) is 1.80. The number of para-hydroxylation sites is 1. The number of likely N-dealkylation sites (tertiary alicyclic amines) is 1. The van der Waals surface area contributed by atoms with E-state index in [4.69, 9.17) is 5.10 Å². The number of alkyl halides is 4. The van der Waals surface area contributed by atoms with Crippen molar-refractivity contribution in [2.45, 2.75) is 75.3 Å². The fourth-order valence-electron chi connectivity index (χ4n) is 8.67. The fraction of sp³-hybridized carbons (Fsp3) is 0.436. The number of benzene rings is 2. The van der Waals surface area contributed by atoms with E-state index in [1.807, 2.05) is 16.9 Å². The van der Waals surface area contributed by atoms with Crippen LogP contribution in [-0.2, 0) is 22.8 Å². The standard InChI is InChI=1S/C39H40F4N8O4/c1-48-35-28(3-2-4-32(35)51(38(48)55)33-11-12-34(52)46-37(33)54)27-14-16-49(21-29(27)40)19-22-5-8-26(9-6-22)50-20-23-17-25(7-10-30(23)47-50)45-36(53)31-18-24(13-15-44-31)39(41,42)43/h2-4,7,10,13,15,17-18,20,22,26-27,29,33H,5-6,8-9,11-12,14,16,19,21H2,1H3,(H,45,53)(H,46,52,54)/t22?,26?,27-,29+,33?/m0/s1. The van der Waals surface area contributed by atoms with Crippen LogP contribution in [0, 0.1) is 5.92 Å². The number of nitrogens with one attached hydrogen (secondary N) is 2. The molecule has 2 N–H and O–H groups in total. The maximum atomic E-state index is 16.1. The second-order valence-electron chi connectivity index (χ2n) is 15.0. The minimum atomic E-state index is -4.58. The minimum absolute atomic E-state index is 0.146. The van der Waals surface area contributed by atoms with Crippen LogP contribution in [0.3, 0.4) is 0 Å². The number of nitrogens with zero attached hydrogens (tertiary/aromatic N) is 6. The van der Waals surface area contributed by atoms with Crippen molar-refractivity contribution in [3.05, 3.63) is 88.2 Å². The molecule has 5 heterocycles. The van der Waals surface area contributed by atoms with Gasteiger partial charge in [-0.2, -0.15) is 18.3 Å². The first-order valence-corrected chi connectivity index (χ1v) is 18.6. The first-order chi connectivity index (χ1) is 26.3. The van der Waals surface area contributed by atoms with E-state index in [0.717, 1.165) is 73.6 Å². The zero-order valence-corrected chi connectivity index (χ0v) is 30.1. The van der Waals surface area contributed by atoms with Gasteiger partial charge in [0.2, 0.25) is 11.8 Å². The average molecular weight is 761 g/mol. The molecule has 3 atom stereocenters. The molecule has 3 amide bonds. The molecule has 0 radical (unpaired) electrons. The second kappa shape index (κ2) is 14.4. The van der Waals surface area contributed by atoms with Crippen LogP contribution in [0.25, 0.3) is 21.9 Å². The van der Waals surface area contributed by atoms with E-state index in [9.17, 15) is 32.3 Å². The van der Waals surface area contributed by atoms with Gasteiger partial charge in [0.15, 0.2) is 0 Å². The van der Waals surface area contributed by atoms with Crippen LogP contribution >= 0.6 is 0 Å². The number of aromatic nitrogens is 5.